The maximum atomic E-state index is 12.5. The highest BCUT2D eigenvalue weighted by Gasteiger charge is 2.21. The number of hydrogen-bond acceptors (Lipinski definition) is 3. The Morgan fingerprint density at radius 1 is 1.64 bits per heavy atom. The molecular weight excluding hydrogens is 214 g/mol. The van der Waals surface area contributed by atoms with Crippen LogP contribution in [0.15, 0.2) is 6.20 Å². The van der Waals surface area contributed by atoms with E-state index >= 15 is 0 Å². The van der Waals surface area contributed by atoms with E-state index in [4.69, 9.17) is 16.9 Å². The van der Waals surface area contributed by atoms with Gasteiger partial charge in [-0.1, -0.05) is 11.6 Å². The van der Waals surface area contributed by atoms with Crippen molar-refractivity contribution in [2.45, 2.75) is 6.43 Å². The predicted molar refractivity (Wildman–Crippen MR) is 45.5 cm³/mol. The molecule has 3 nitrogen and oxygen atoms in total. The quantitative estimate of drug-likeness (QED) is 0.766. The van der Waals surface area contributed by atoms with Crippen LogP contribution in [-0.2, 0) is 0 Å². The van der Waals surface area contributed by atoms with E-state index in [1.165, 1.54) is 7.11 Å². The maximum Gasteiger partial charge on any atom is 0.266 e. The van der Waals surface area contributed by atoms with Gasteiger partial charge in [-0.15, -0.1) is 0 Å². The van der Waals surface area contributed by atoms with Crippen LogP contribution in [0.4, 0.5) is 8.78 Å². The highest BCUT2D eigenvalue weighted by Crippen LogP contribution is 2.33. The van der Waals surface area contributed by atoms with Gasteiger partial charge in [-0.3, -0.25) is 0 Å². The normalized spacial score (nSPS) is 10.0. The van der Waals surface area contributed by atoms with Crippen LogP contribution in [0.25, 0.3) is 0 Å². The average molecular weight is 219 g/mol. The summed E-state index contributed by atoms with van der Waals surface area (Å²) in [6.07, 6.45) is -1.79. The van der Waals surface area contributed by atoms with Crippen LogP contribution < -0.4 is 4.74 Å². The van der Waals surface area contributed by atoms with Crippen molar-refractivity contribution in [2.75, 3.05) is 7.11 Å². The molecule has 1 aromatic rings. The van der Waals surface area contributed by atoms with Gasteiger partial charge in [0.1, 0.15) is 11.6 Å². The molecule has 0 saturated carbocycles. The predicted octanol–water partition coefficient (Wildman–Crippen LogP) is 2.55. The molecule has 0 amide bonds. The summed E-state index contributed by atoms with van der Waals surface area (Å²) in [6.45, 7) is 0. The van der Waals surface area contributed by atoms with E-state index in [-0.39, 0.29) is 16.5 Å². The third-order valence-electron chi connectivity index (χ3n) is 1.56. The van der Waals surface area contributed by atoms with Crippen molar-refractivity contribution < 1.29 is 13.5 Å². The molecule has 0 aromatic carbocycles. The summed E-state index contributed by atoms with van der Waals surface area (Å²) in [6, 6.07) is 1.59. The molecule has 6 heteroatoms. The molecule has 14 heavy (non-hydrogen) atoms. The molecule has 1 rings (SSSR count). The van der Waals surface area contributed by atoms with E-state index in [0.29, 0.717) is 0 Å². The lowest BCUT2D eigenvalue weighted by molar-refractivity contribution is 0.150. The van der Waals surface area contributed by atoms with Crippen LogP contribution in [-0.4, -0.2) is 12.1 Å². The van der Waals surface area contributed by atoms with Crippen molar-refractivity contribution in [1.29, 1.82) is 5.26 Å². The van der Waals surface area contributed by atoms with Crippen molar-refractivity contribution in [1.82, 2.24) is 4.98 Å². The van der Waals surface area contributed by atoms with Crippen molar-refractivity contribution in [3.05, 3.63) is 22.3 Å². The summed E-state index contributed by atoms with van der Waals surface area (Å²) in [7, 11) is 1.24. The highest BCUT2D eigenvalue weighted by molar-refractivity contribution is 6.31. The fraction of sp³-hybridized carbons (Fsp3) is 0.250. The van der Waals surface area contributed by atoms with Gasteiger partial charge in [-0.05, 0) is 0 Å². The Bertz CT molecular complexity index is 390. The van der Waals surface area contributed by atoms with Gasteiger partial charge in [0.2, 0.25) is 5.88 Å². The van der Waals surface area contributed by atoms with Gasteiger partial charge in [0.15, 0.2) is 0 Å². The van der Waals surface area contributed by atoms with Gasteiger partial charge >= 0.3 is 0 Å². The minimum absolute atomic E-state index is 0.146. The first kappa shape index (κ1) is 10.7. The van der Waals surface area contributed by atoms with Crippen molar-refractivity contribution in [3.63, 3.8) is 0 Å². The topological polar surface area (TPSA) is 45.9 Å². The van der Waals surface area contributed by atoms with Gasteiger partial charge in [0, 0.05) is 0 Å². The number of ether oxygens (including phenoxy) is 1. The number of aromatic nitrogens is 1. The smallest absolute Gasteiger partial charge is 0.266 e. The number of alkyl halides is 2. The molecule has 0 unspecified atom stereocenters. The lowest BCUT2D eigenvalue weighted by Crippen LogP contribution is -1.99. The summed E-state index contributed by atoms with van der Waals surface area (Å²) in [4.78, 5) is 3.60. The number of nitrogens with zero attached hydrogens (tertiary/aromatic N) is 2. The summed E-state index contributed by atoms with van der Waals surface area (Å²) in [5.74, 6) is -0.146. The van der Waals surface area contributed by atoms with E-state index in [0.717, 1.165) is 6.20 Å². The van der Waals surface area contributed by atoms with Gasteiger partial charge in [-0.2, -0.15) is 5.26 Å². The zero-order chi connectivity index (χ0) is 10.7. The van der Waals surface area contributed by atoms with Crippen LogP contribution in [0.3, 0.4) is 0 Å². The number of methoxy groups -OCH3 is 1. The van der Waals surface area contributed by atoms with Crippen molar-refractivity contribution in [3.8, 4) is 11.9 Å². The molecule has 1 aromatic heterocycles. The minimum Gasteiger partial charge on any atom is -0.480 e. The molecule has 0 radical (unpaired) electrons. The second kappa shape index (κ2) is 4.20. The summed E-state index contributed by atoms with van der Waals surface area (Å²) in [5.41, 5.74) is -0.865. The Morgan fingerprint density at radius 2 is 2.29 bits per heavy atom. The summed E-state index contributed by atoms with van der Waals surface area (Å²) in [5, 5.41) is 8.40. The van der Waals surface area contributed by atoms with Crippen molar-refractivity contribution >= 4 is 11.6 Å². The fourth-order valence-corrected chi connectivity index (χ4v) is 1.19. The van der Waals surface area contributed by atoms with Crippen LogP contribution in [0.1, 0.15) is 17.6 Å². The standard InChI is InChI=1S/C8H5ClF2N2O/c1-14-8-4(2-12)6(7(10)11)5(9)3-13-8/h3,7H,1H3. The molecular formula is C8H5ClF2N2O. The second-order valence-corrected chi connectivity index (χ2v) is 2.72. The van der Waals surface area contributed by atoms with E-state index in [9.17, 15) is 8.78 Å². The first-order valence-corrected chi connectivity index (χ1v) is 3.90. The molecule has 0 aliphatic heterocycles. The zero-order valence-electron chi connectivity index (χ0n) is 7.09. The van der Waals surface area contributed by atoms with Crippen LogP contribution in [0.5, 0.6) is 5.88 Å². The first-order chi connectivity index (χ1) is 6.61. The third kappa shape index (κ3) is 1.75. The summed E-state index contributed by atoms with van der Waals surface area (Å²) >= 11 is 5.48. The Morgan fingerprint density at radius 3 is 2.71 bits per heavy atom. The summed E-state index contributed by atoms with van der Waals surface area (Å²) < 4.78 is 29.6. The SMILES string of the molecule is COc1ncc(Cl)c(C(F)F)c1C#N. The molecule has 74 valence electrons. The number of pyridine rings is 1. The molecule has 0 fully saturated rings. The van der Waals surface area contributed by atoms with E-state index in [1.807, 2.05) is 0 Å². The number of rotatable bonds is 2. The molecule has 0 saturated heterocycles. The van der Waals surface area contributed by atoms with Gasteiger partial charge in [0.05, 0.1) is 23.9 Å². The van der Waals surface area contributed by atoms with Gasteiger partial charge in [0.25, 0.3) is 6.43 Å². The lowest BCUT2D eigenvalue weighted by atomic mass is 10.1. The number of halogens is 3. The number of nitriles is 1. The van der Waals surface area contributed by atoms with Crippen LogP contribution in [0.2, 0.25) is 5.02 Å². The van der Waals surface area contributed by atoms with Gasteiger partial charge < -0.3 is 4.74 Å². The monoisotopic (exact) mass is 218 g/mol. The Kier molecular flexibility index (Phi) is 3.20. The fourth-order valence-electron chi connectivity index (χ4n) is 0.960. The van der Waals surface area contributed by atoms with E-state index in [2.05, 4.69) is 9.72 Å². The first-order valence-electron chi connectivity index (χ1n) is 3.52. The van der Waals surface area contributed by atoms with E-state index < -0.39 is 12.0 Å². The highest BCUT2D eigenvalue weighted by atomic mass is 35.5. The zero-order valence-corrected chi connectivity index (χ0v) is 7.85. The number of hydrogen-bond donors (Lipinski definition) is 0. The minimum atomic E-state index is -2.82. The average Bonchev–Trinajstić information content (AvgIpc) is 2.16. The van der Waals surface area contributed by atoms with Crippen LogP contribution >= 0.6 is 11.6 Å². The lowest BCUT2D eigenvalue weighted by Gasteiger charge is -2.07. The Hall–Kier alpha value is -1.41. The second-order valence-electron chi connectivity index (χ2n) is 2.32. The Balaban J connectivity index is 3.45. The molecule has 0 N–H and O–H groups in total. The van der Waals surface area contributed by atoms with Crippen molar-refractivity contribution in [2.24, 2.45) is 0 Å². The van der Waals surface area contributed by atoms with Crippen LogP contribution in [0, 0.1) is 11.3 Å². The Labute approximate surface area is 83.9 Å². The maximum absolute atomic E-state index is 12.5. The van der Waals surface area contributed by atoms with Gasteiger partial charge in [-0.25, -0.2) is 13.8 Å². The molecule has 0 aliphatic rings. The molecule has 0 spiro atoms. The molecule has 0 atom stereocenters. The molecule has 1 heterocycles. The van der Waals surface area contributed by atoms with E-state index in [1.54, 1.807) is 6.07 Å². The molecule has 0 aliphatic carbocycles. The molecule has 0 bridgehead atoms. The largest absolute Gasteiger partial charge is 0.480 e. The third-order valence-corrected chi connectivity index (χ3v) is 1.86.